The number of hydrogen-bond acceptors (Lipinski definition) is 7. The zero-order valence-electron chi connectivity index (χ0n) is 24.3. The summed E-state index contributed by atoms with van der Waals surface area (Å²) in [7, 11) is 0. The van der Waals surface area contributed by atoms with Crippen molar-refractivity contribution in [2.75, 3.05) is 12.0 Å². The topological polar surface area (TPSA) is 195 Å². The highest BCUT2D eigenvalue weighted by Crippen LogP contribution is 2.19. The molecule has 0 radical (unpaired) electrons. The number of para-hydroxylation sites is 1. The maximum Gasteiger partial charge on any atom is 0.326 e. The van der Waals surface area contributed by atoms with Crippen LogP contribution in [0.5, 0.6) is 0 Å². The number of amides is 3. The van der Waals surface area contributed by atoms with Crippen LogP contribution in [0.2, 0.25) is 0 Å². The van der Waals surface area contributed by atoms with Crippen LogP contribution in [0.1, 0.15) is 23.2 Å². The molecule has 2 heterocycles. The Hall–Kier alpha value is -4.62. The number of nitrogens with one attached hydrogen (secondary N) is 5. The van der Waals surface area contributed by atoms with Crippen molar-refractivity contribution in [3.8, 4) is 0 Å². The lowest BCUT2D eigenvalue weighted by Crippen LogP contribution is -2.58. The van der Waals surface area contributed by atoms with E-state index in [0.29, 0.717) is 24.3 Å². The summed E-state index contributed by atoms with van der Waals surface area (Å²) in [6, 6.07) is 12.6. The molecule has 0 aliphatic heterocycles. The van der Waals surface area contributed by atoms with Crippen LogP contribution in [0.4, 0.5) is 0 Å². The number of carbonyl (C=O) groups is 4. The Kier molecular flexibility index (Phi) is 11.5. The van der Waals surface area contributed by atoms with E-state index >= 15 is 0 Å². The highest BCUT2D eigenvalue weighted by Gasteiger charge is 2.31. The van der Waals surface area contributed by atoms with Gasteiger partial charge in [0, 0.05) is 41.8 Å². The van der Waals surface area contributed by atoms with Crippen molar-refractivity contribution in [1.29, 1.82) is 0 Å². The van der Waals surface area contributed by atoms with Gasteiger partial charge in [-0.15, -0.1) is 0 Å². The van der Waals surface area contributed by atoms with E-state index in [1.807, 2.05) is 60.9 Å². The van der Waals surface area contributed by atoms with Crippen LogP contribution in [-0.4, -0.2) is 79.9 Å². The van der Waals surface area contributed by atoms with Gasteiger partial charge in [-0.1, -0.05) is 48.5 Å². The second-order valence-electron chi connectivity index (χ2n) is 10.4. The van der Waals surface area contributed by atoms with Gasteiger partial charge in [0.1, 0.15) is 18.1 Å². The van der Waals surface area contributed by atoms with Gasteiger partial charge in [0.25, 0.3) is 0 Å². The zero-order chi connectivity index (χ0) is 31.5. The van der Waals surface area contributed by atoms with Gasteiger partial charge >= 0.3 is 5.97 Å². The zero-order valence-corrected chi connectivity index (χ0v) is 25.1. The Balaban J connectivity index is 1.53. The van der Waals surface area contributed by atoms with Gasteiger partial charge in [0.2, 0.25) is 17.7 Å². The molecule has 8 N–H and O–H groups in total. The average Bonchev–Trinajstić information content (AvgIpc) is 3.69. The minimum absolute atomic E-state index is 0.0272. The highest BCUT2D eigenvalue weighted by atomic mass is 32.2. The Morgan fingerprint density at radius 2 is 1.55 bits per heavy atom. The molecule has 0 spiro atoms. The lowest BCUT2D eigenvalue weighted by Gasteiger charge is -2.25. The second-order valence-corrected chi connectivity index (χ2v) is 11.4. The van der Waals surface area contributed by atoms with Gasteiger partial charge in [-0.3, -0.25) is 14.4 Å². The molecule has 232 valence electrons. The van der Waals surface area contributed by atoms with E-state index in [2.05, 4.69) is 30.9 Å². The molecular formula is C31H37N7O5S. The van der Waals surface area contributed by atoms with Crippen molar-refractivity contribution in [3.63, 3.8) is 0 Å². The van der Waals surface area contributed by atoms with Crippen molar-refractivity contribution in [3.05, 3.63) is 90.1 Å². The smallest absolute Gasteiger partial charge is 0.326 e. The highest BCUT2D eigenvalue weighted by molar-refractivity contribution is 7.98. The second kappa shape index (κ2) is 15.7. The van der Waals surface area contributed by atoms with Crippen LogP contribution in [0.3, 0.4) is 0 Å². The van der Waals surface area contributed by atoms with Gasteiger partial charge in [-0.05, 0) is 42.0 Å². The largest absolute Gasteiger partial charge is 0.480 e. The van der Waals surface area contributed by atoms with Crippen molar-refractivity contribution in [2.45, 2.75) is 49.9 Å². The van der Waals surface area contributed by atoms with E-state index < -0.39 is 47.9 Å². The molecule has 44 heavy (non-hydrogen) atoms. The first kappa shape index (κ1) is 32.3. The number of benzene rings is 2. The number of carboxylic acid groups (broad SMARTS) is 1. The van der Waals surface area contributed by atoms with Crippen LogP contribution < -0.4 is 21.7 Å². The van der Waals surface area contributed by atoms with Gasteiger partial charge in [0.05, 0.1) is 12.4 Å². The number of fused-ring (bicyclic) bond motifs is 1. The number of hydrogen-bond donors (Lipinski definition) is 7. The molecule has 0 fully saturated rings. The first-order valence-corrected chi connectivity index (χ1v) is 15.6. The summed E-state index contributed by atoms with van der Waals surface area (Å²) in [5, 5.41) is 18.8. The summed E-state index contributed by atoms with van der Waals surface area (Å²) >= 11 is 1.51. The summed E-state index contributed by atoms with van der Waals surface area (Å²) in [6.45, 7) is 0. The van der Waals surface area contributed by atoms with E-state index in [1.165, 1.54) is 24.3 Å². The molecule has 0 saturated heterocycles. The molecule has 4 atom stereocenters. The quantitative estimate of drug-likeness (QED) is 0.0981. The summed E-state index contributed by atoms with van der Waals surface area (Å²) in [5.41, 5.74) is 9.21. The SMILES string of the molecule is CSCCC(NC(=O)C(N)Cc1ccccc1)C(=O)NC(Cc1c[nH]c2ccccc12)C(=O)NC(Cc1cnc[nH]1)C(=O)O. The summed E-state index contributed by atoms with van der Waals surface area (Å²) < 4.78 is 0. The van der Waals surface area contributed by atoms with Crippen LogP contribution in [0, 0.1) is 0 Å². The minimum Gasteiger partial charge on any atom is -0.480 e. The normalized spacial score (nSPS) is 13.9. The Morgan fingerprint density at radius 3 is 2.25 bits per heavy atom. The average molecular weight is 620 g/mol. The molecule has 0 aliphatic carbocycles. The fraction of sp³-hybridized carbons (Fsp3) is 0.323. The number of carboxylic acids is 1. The number of thioether (sulfide) groups is 1. The van der Waals surface area contributed by atoms with Crippen molar-refractivity contribution < 1.29 is 24.3 Å². The number of rotatable bonds is 16. The van der Waals surface area contributed by atoms with E-state index in [1.54, 1.807) is 6.20 Å². The fourth-order valence-electron chi connectivity index (χ4n) is 4.83. The molecule has 4 unspecified atom stereocenters. The third kappa shape index (κ3) is 8.94. The maximum atomic E-state index is 13.7. The van der Waals surface area contributed by atoms with E-state index in [-0.39, 0.29) is 12.8 Å². The molecule has 0 aliphatic rings. The monoisotopic (exact) mass is 619 g/mol. The Labute approximate surface area is 259 Å². The van der Waals surface area contributed by atoms with Gasteiger partial charge in [-0.2, -0.15) is 11.8 Å². The molecule has 4 rings (SSSR count). The van der Waals surface area contributed by atoms with Crippen LogP contribution in [0.15, 0.2) is 73.3 Å². The van der Waals surface area contributed by atoms with Crippen molar-refractivity contribution >= 4 is 46.4 Å². The molecular weight excluding hydrogens is 582 g/mol. The van der Waals surface area contributed by atoms with Crippen LogP contribution in [-0.2, 0) is 38.4 Å². The Morgan fingerprint density at radius 1 is 0.864 bits per heavy atom. The number of nitrogens with zero attached hydrogens (tertiary/aromatic N) is 1. The predicted octanol–water partition coefficient (Wildman–Crippen LogP) is 1.54. The van der Waals surface area contributed by atoms with Crippen LogP contribution in [0.25, 0.3) is 10.9 Å². The van der Waals surface area contributed by atoms with Crippen LogP contribution >= 0.6 is 11.8 Å². The number of aliphatic carboxylic acids is 1. The number of aromatic amines is 2. The fourth-order valence-corrected chi connectivity index (χ4v) is 5.31. The standard InChI is InChI=1S/C31H37N7O5S/c1-44-12-11-25(36-28(39)23(32)13-19-7-3-2-4-8-19)29(40)37-26(14-20-16-34-24-10-6-5-9-22(20)24)30(41)38-27(31(42)43)15-21-17-33-18-35-21/h2-10,16-18,23,25-27,34H,11-15,32H2,1H3,(H,33,35)(H,36,39)(H,37,40)(H,38,41)(H,42,43). The summed E-state index contributed by atoms with van der Waals surface area (Å²) in [4.78, 5) is 62.3. The minimum atomic E-state index is -1.27. The summed E-state index contributed by atoms with van der Waals surface area (Å²) in [6.07, 6.45) is 7.19. The summed E-state index contributed by atoms with van der Waals surface area (Å²) in [5.74, 6) is -2.40. The molecule has 13 heteroatoms. The molecule has 0 saturated carbocycles. The number of aromatic nitrogens is 3. The van der Waals surface area contributed by atoms with E-state index in [0.717, 1.165) is 22.0 Å². The first-order valence-electron chi connectivity index (χ1n) is 14.2. The first-order chi connectivity index (χ1) is 21.2. The predicted molar refractivity (Wildman–Crippen MR) is 169 cm³/mol. The van der Waals surface area contributed by atoms with Crippen molar-refractivity contribution in [2.24, 2.45) is 5.73 Å². The van der Waals surface area contributed by atoms with E-state index in [4.69, 9.17) is 5.73 Å². The molecule has 3 amide bonds. The number of imidazole rings is 1. The molecule has 0 bridgehead atoms. The van der Waals surface area contributed by atoms with Crippen molar-refractivity contribution in [1.82, 2.24) is 30.9 Å². The number of H-pyrrole nitrogens is 2. The van der Waals surface area contributed by atoms with Gasteiger partial charge < -0.3 is 36.8 Å². The number of nitrogens with two attached hydrogens (primary N) is 1. The third-order valence-electron chi connectivity index (χ3n) is 7.20. The van der Waals surface area contributed by atoms with Gasteiger partial charge in [-0.25, -0.2) is 9.78 Å². The number of carbonyl (C=O) groups excluding carboxylic acids is 3. The molecule has 4 aromatic rings. The molecule has 2 aromatic carbocycles. The Bertz CT molecular complexity index is 1540. The molecule has 12 nitrogen and oxygen atoms in total. The van der Waals surface area contributed by atoms with Gasteiger partial charge in [0.15, 0.2) is 0 Å². The third-order valence-corrected chi connectivity index (χ3v) is 7.85. The maximum absolute atomic E-state index is 13.7. The lowest BCUT2D eigenvalue weighted by atomic mass is 10.0. The molecule has 2 aromatic heterocycles. The van der Waals surface area contributed by atoms with E-state index in [9.17, 15) is 24.3 Å². The lowest BCUT2D eigenvalue weighted by molar-refractivity contribution is -0.142.